The molecule has 20 heavy (non-hydrogen) atoms. The molecule has 2 heterocycles. The van der Waals surface area contributed by atoms with Gasteiger partial charge < -0.3 is 5.11 Å². The lowest BCUT2D eigenvalue weighted by Gasteiger charge is -2.26. The molecule has 0 aromatic carbocycles. The maximum Gasteiger partial charge on any atom is 0.141 e. The molecule has 0 radical (unpaired) electrons. The number of hydrogen-bond acceptors (Lipinski definition) is 4. The Morgan fingerprint density at radius 1 is 1.20 bits per heavy atom. The third-order valence-corrected chi connectivity index (χ3v) is 3.33. The number of aliphatic hydroxyl groups is 1. The van der Waals surface area contributed by atoms with E-state index >= 15 is 0 Å². The van der Waals surface area contributed by atoms with Gasteiger partial charge in [-0.1, -0.05) is 6.07 Å². The van der Waals surface area contributed by atoms with E-state index in [0.29, 0.717) is 12.2 Å². The van der Waals surface area contributed by atoms with Crippen molar-refractivity contribution in [3.8, 4) is 0 Å². The highest BCUT2D eigenvalue weighted by molar-refractivity contribution is 5.10. The van der Waals surface area contributed by atoms with Crippen molar-refractivity contribution in [3.63, 3.8) is 0 Å². The normalized spacial score (nSPS) is 14.2. The van der Waals surface area contributed by atoms with Crippen LogP contribution in [0.25, 0.3) is 0 Å². The molecule has 2 rings (SSSR count). The minimum atomic E-state index is -0.758. The highest BCUT2D eigenvalue weighted by atomic mass is 19.1. The monoisotopic (exact) mass is 275 g/mol. The molecule has 0 amide bonds. The number of pyridine rings is 2. The molecule has 2 atom stereocenters. The summed E-state index contributed by atoms with van der Waals surface area (Å²) in [6.07, 6.45) is 2.10. The van der Waals surface area contributed by atoms with Crippen LogP contribution in [0.3, 0.4) is 0 Å². The van der Waals surface area contributed by atoms with E-state index in [-0.39, 0.29) is 6.04 Å². The summed E-state index contributed by atoms with van der Waals surface area (Å²) in [6.45, 7) is 2.42. The standard InChI is InChI=1S/C15H18FN3O/c1-11(13-5-3-4-8-17-13)19(2)10-15(20)14-7-6-12(16)9-18-14/h3-9,11,15,20H,10H2,1-2H3/t11-,15-/m0/s1. The van der Waals surface area contributed by atoms with Crippen LogP contribution in [0, 0.1) is 5.82 Å². The second-order valence-electron chi connectivity index (χ2n) is 4.79. The van der Waals surface area contributed by atoms with E-state index in [0.717, 1.165) is 11.9 Å². The van der Waals surface area contributed by atoms with Crippen molar-refractivity contribution >= 4 is 0 Å². The lowest BCUT2D eigenvalue weighted by atomic mass is 10.1. The van der Waals surface area contributed by atoms with Gasteiger partial charge in [0.1, 0.15) is 11.9 Å². The fourth-order valence-corrected chi connectivity index (χ4v) is 1.96. The highest BCUT2D eigenvalue weighted by Gasteiger charge is 2.18. The van der Waals surface area contributed by atoms with Gasteiger partial charge in [0.2, 0.25) is 0 Å². The van der Waals surface area contributed by atoms with Crippen LogP contribution in [0.5, 0.6) is 0 Å². The summed E-state index contributed by atoms with van der Waals surface area (Å²) in [5.41, 5.74) is 1.40. The molecule has 0 fully saturated rings. The maximum atomic E-state index is 12.8. The zero-order chi connectivity index (χ0) is 14.5. The number of halogens is 1. The average Bonchev–Trinajstić information content (AvgIpc) is 2.48. The zero-order valence-electron chi connectivity index (χ0n) is 11.6. The van der Waals surface area contributed by atoms with Gasteiger partial charge in [0.25, 0.3) is 0 Å². The topological polar surface area (TPSA) is 49.2 Å². The lowest BCUT2D eigenvalue weighted by molar-refractivity contribution is 0.104. The van der Waals surface area contributed by atoms with Gasteiger partial charge in [0, 0.05) is 18.8 Å². The van der Waals surface area contributed by atoms with Crippen LogP contribution in [-0.2, 0) is 0 Å². The van der Waals surface area contributed by atoms with E-state index in [1.54, 1.807) is 6.20 Å². The molecule has 0 unspecified atom stereocenters. The van der Waals surface area contributed by atoms with E-state index in [1.165, 1.54) is 12.1 Å². The van der Waals surface area contributed by atoms with Crippen LogP contribution in [0.1, 0.15) is 30.5 Å². The van der Waals surface area contributed by atoms with Gasteiger partial charge in [0.05, 0.1) is 17.6 Å². The minimum Gasteiger partial charge on any atom is -0.385 e. The quantitative estimate of drug-likeness (QED) is 0.910. The van der Waals surface area contributed by atoms with E-state index in [2.05, 4.69) is 9.97 Å². The largest absolute Gasteiger partial charge is 0.385 e. The molecule has 0 saturated heterocycles. The first-order valence-corrected chi connectivity index (χ1v) is 6.48. The van der Waals surface area contributed by atoms with Crippen LogP contribution in [0.15, 0.2) is 42.7 Å². The molecule has 2 aromatic heterocycles. The molecule has 106 valence electrons. The molecular weight excluding hydrogens is 257 g/mol. The van der Waals surface area contributed by atoms with Crippen molar-refractivity contribution in [2.45, 2.75) is 19.1 Å². The van der Waals surface area contributed by atoms with Crippen molar-refractivity contribution in [1.29, 1.82) is 0 Å². The Labute approximate surface area is 117 Å². The molecule has 0 bridgehead atoms. The second kappa shape index (κ2) is 6.54. The fourth-order valence-electron chi connectivity index (χ4n) is 1.96. The average molecular weight is 275 g/mol. The Balaban J connectivity index is 2.00. The molecule has 4 nitrogen and oxygen atoms in total. The summed E-state index contributed by atoms with van der Waals surface area (Å²) in [4.78, 5) is 10.2. The van der Waals surface area contributed by atoms with Gasteiger partial charge in [-0.3, -0.25) is 14.9 Å². The van der Waals surface area contributed by atoms with Crippen molar-refractivity contribution < 1.29 is 9.50 Å². The van der Waals surface area contributed by atoms with E-state index in [1.807, 2.05) is 37.1 Å². The third-order valence-electron chi connectivity index (χ3n) is 3.33. The van der Waals surface area contributed by atoms with Crippen molar-refractivity contribution in [2.75, 3.05) is 13.6 Å². The maximum absolute atomic E-state index is 12.8. The smallest absolute Gasteiger partial charge is 0.141 e. The first-order chi connectivity index (χ1) is 9.58. The molecule has 0 saturated carbocycles. The van der Waals surface area contributed by atoms with E-state index in [4.69, 9.17) is 0 Å². The first kappa shape index (κ1) is 14.6. The van der Waals surface area contributed by atoms with Crippen molar-refractivity contribution in [2.24, 2.45) is 0 Å². The van der Waals surface area contributed by atoms with Crippen LogP contribution in [0.4, 0.5) is 4.39 Å². The number of aromatic nitrogens is 2. The molecule has 2 aromatic rings. The summed E-state index contributed by atoms with van der Waals surface area (Å²) in [5, 5.41) is 10.1. The van der Waals surface area contributed by atoms with Crippen LogP contribution in [-0.4, -0.2) is 33.6 Å². The first-order valence-electron chi connectivity index (χ1n) is 6.48. The fraction of sp³-hybridized carbons (Fsp3) is 0.333. The van der Waals surface area contributed by atoms with Gasteiger partial charge in [0.15, 0.2) is 0 Å². The number of nitrogens with zero attached hydrogens (tertiary/aromatic N) is 3. The summed E-state index contributed by atoms with van der Waals surface area (Å²) >= 11 is 0. The molecule has 0 aliphatic rings. The Bertz CT molecular complexity index is 533. The van der Waals surface area contributed by atoms with Gasteiger partial charge >= 0.3 is 0 Å². The summed E-state index contributed by atoms with van der Waals surface area (Å²) in [5.74, 6) is -0.406. The van der Waals surface area contributed by atoms with Gasteiger partial charge in [-0.15, -0.1) is 0 Å². The molecule has 5 heteroatoms. The molecular formula is C15H18FN3O. The Kier molecular flexibility index (Phi) is 4.76. The Hall–Kier alpha value is -1.85. The molecule has 0 aliphatic carbocycles. The van der Waals surface area contributed by atoms with Gasteiger partial charge in [-0.2, -0.15) is 0 Å². The molecule has 0 aliphatic heterocycles. The summed E-state index contributed by atoms with van der Waals surface area (Å²) < 4.78 is 12.8. The lowest BCUT2D eigenvalue weighted by Crippen LogP contribution is -2.28. The number of hydrogen-bond donors (Lipinski definition) is 1. The predicted octanol–water partition coefficient (Wildman–Crippen LogP) is 2.34. The number of aliphatic hydroxyl groups excluding tert-OH is 1. The van der Waals surface area contributed by atoms with Gasteiger partial charge in [-0.25, -0.2) is 4.39 Å². The zero-order valence-corrected chi connectivity index (χ0v) is 11.6. The molecule has 0 spiro atoms. The van der Waals surface area contributed by atoms with Crippen LogP contribution < -0.4 is 0 Å². The third kappa shape index (κ3) is 3.59. The highest BCUT2D eigenvalue weighted by Crippen LogP contribution is 2.19. The molecule has 1 N–H and O–H groups in total. The minimum absolute atomic E-state index is 0.0753. The van der Waals surface area contributed by atoms with Crippen molar-refractivity contribution in [1.82, 2.24) is 14.9 Å². The predicted molar refractivity (Wildman–Crippen MR) is 74.4 cm³/mol. The van der Waals surface area contributed by atoms with E-state index < -0.39 is 11.9 Å². The number of rotatable bonds is 5. The van der Waals surface area contributed by atoms with Crippen molar-refractivity contribution in [3.05, 3.63) is 59.9 Å². The van der Waals surface area contributed by atoms with E-state index in [9.17, 15) is 9.50 Å². The van der Waals surface area contributed by atoms with Crippen LogP contribution >= 0.6 is 0 Å². The van der Waals surface area contributed by atoms with Gasteiger partial charge in [-0.05, 0) is 38.2 Å². The summed E-state index contributed by atoms with van der Waals surface area (Å²) in [7, 11) is 1.91. The second-order valence-corrected chi connectivity index (χ2v) is 4.79. The summed E-state index contributed by atoms with van der Waals surface area (Å²) in [6, 6.07) is 8.63. The van der Waals surface area contributed by atoms with Crippen LogP contribution in [0.2, 0.25) is 0 Å². The number of likely N-dealkylation sites (N-methyl/N-ethyl adjacent to an activating group) is 1. The SMILES string of the molecule is C[C@@H](c1ccccn1)N(C)C[C@H](O)c1ccc(F)cn1. The Morgan fingerprint density at radius 3 is 2.60 bits per heavy atom. The Morgan fingerprint density at radius 2 is 2.00 bits per heavy atom.